The first-order valence-electron chi connectivity index (χ1n) is 11.8. The van der Waals surface area contributed by atoms with E-state index < -0.39 is 0 Å². The van der Waals surface area contributed by atoms with Crippen LogP contribution in [-0.4, -0.2) is 27.1 Å². The zero-order valence-corrected chi connectivity index (χ0v) is 20.2. The second-order valence-electron chi connectivity index (χ2n) is 9.23. The molecule has 4 rings (SSSR count). The molecule has 2 heterocycles. The summed E-state index contributed by atoms with van der Waals surface area (Å²) in [5.74, 6) is 4.13. The number of aryl methyl sites for hydroxylation is 2. The van der Waals surface area contributed by atoms with Crippen molar-refractivity contribution in [3.8, 4) is 22.8 Å². The van der Waals surface area contributed by atoms with E-state index in [0.29, 0.717) is 23.8 Å². The molecule has 0 radical (unpaired) electrons. The first-order chi connectivity index (χ1) is 15.9. The van der Waals surface area contributed by atoms with E-state index in [0.717, 1.165) is 47.1 Å². The molecule has 0 saturated heterocycles. The molecule has 1 aromatic carbocycles. The van der Waals surface area contributed by atoms with Gasteiger partial charge in [0.25, 0.3) is 0 Å². The minimum atomic E-state index is 0.125. The molecule has 1 aliphatic rings. The highest BCUT2D eigenvalue weighted by atomic mass is 16.5. The standard InChI is InChI=1S/C26H34N4O3/c1-16(2)32-22-12-8-20(9-13-22)23-14-27-26(29-21-10-6-17(3)7-11-21)30-25(23)31-15-24-18(4)33-19(5)28-24/h8-9,12-14,16-17,21H,6-7,10-11,15H2,1-5H3,(H,27,29,30)/t17-,21-. The summed E-state index contributed by atoms with van der Waals surface area (Å²) in [4.78, 5) is 13.8. The Morgan fingerprint density at radius 2 is 1.79 bits per heavy atom. The van der Waals surface area contributed by atoms with Crippen LogP contribution in [0.5, 0.6) is 11.6 Å². The molecule has 1 aliphatic carbocycles. The Balaban J connectivity index is 1.57. The fourth-order valence-electron chi connectivity index (χ4n) is 4.16. The van der Waals surface area contributed by atoms with Crippen LogP contribution in [0, 0.1) is 19.8 Å². The minimum Gasteiger partial charge on any atom is -0.491 e. The van der Waals surface area contributed by atoms with E-state index in [1.165, 1.54) is 12.8 Å². The number of nitrogens with zero attached hydrogens (tertiary/aromatic N) is 3. The third-order valence-electron chi connectivity index (χ3n) is 5.99. The topological polar surface area (TPSA) is 82.3 Å². The average molecular weight is 451 g/mol. The van der Waals surface area contributed by atoms with Crippen molar-refractivity contribution in [3.63, 3.8) is 0 Å². The van der Waals surface area contributed by atoms with Gasteiger partial charge in [-0.2, -0.15) is 4.98 Å². The average Bonchev–Trinajstić information content (AvgIpc) is 3.11. The summed E-state index contributed by atoms with van der Waals surface area (Å²) >= 11 is 0. The second-order valence-corrected chi connectivity index (χ2v) is 9.23. The highest BCUT2D eigenvalue weighted by Gasteiger charge is 2.20. The first-order valence-corrected chi connectivity index (χ1v) is 11.8. The molecule has 2 aromatic heterocycles. The molecule has 1 N–H and O–H groups in total. The monoisotopic (exact) mass is 450 g/mol. The predicted molar refractivity (Wildman–Crippen MR) is 129 cm³/mol. The molecule has 176 valence electrons. The lowest BCUT2D eigenvalue weighted by Crippen LogP contribution is -2.26. The molecular formula is C26H34N4O3. The number of anilines is 1. The lowest BCUT2D eigenvalue weighted by atomic mass is 9.87. The van der Waals surface area contributed by atoms with Gasteiger partial charge >= 0.3 is 0 Å². The summed E-state index contributed by atoms with van der Waals surface area (Å²) < 4.78 is 17.5. The van der Waals surface area contributed by atoms with Gasteiger partial charge in [0.15, 0.2) is 5.89 Å². The molecule has 0 atom stereocenters. The van der Waals surface area contributed by atoms with Crippen molar-refractivity contribution in [1.82, 2.24) is 15.0 Å². The molecule has 7 nitrogen and oxygen atoms in total. The van der Waals surface area contributed by atoms with Gasteiger partial charge in [-0.15, -0.1) is 0 Å². The van der Waals surface area contributed by atoms with E-state index in [4.69, 9.17) is 18.9 Å². The summed E-state index contributed by atoms with van der Waals surface area (Å²) in [5, 5.41) is 3.51. The highest BCUT2D eigenvalue weighted by Crippen LogP contribution is 2.32. The van der Waals surface area contributed by atoms with Crippen molar-refractivity contribution in [1.29, 1.82) is 0 Å². The van der Waals surface area contributed by atoms with Crippen LogP contribution in [0.2, 0.25) is 0 Å². The van der Waals surface area contributed by atoms with Crippen LogP contribution in [0.1, 0.15) is 63.8 Å². The molecule has 33 heavy (non-hydrogen) atoms. The van der Waals surface area contributed by atoms with Gasteiger partial charge in [0.05, 0.1) is 11.7 Å². The number of ether oxygens (including phenoxy) is 2. The lowest BCUT2D eigenvalue weighted by Gasteiger charge is -2.27. The van der Waals surface area contributed by atoms with Crippen LogP contribution in [0.3, 0.4) is 0 Å². The van der Waals surface area contributed by atoms with E-state index in [1.54, 1.807) is 0 Å². The molecule has 0 amide bonds. The molecule has 1 fully saturated rings. The molecule has 3 aromatic rings. The van der Waals surface area contributed by atoms with Crippen molar-refractivity contribution in [3.05, 3.63) is 47.8 Å². The van der Waals surface area contributed by atoms with E-state index in [9.17, 15) is 0 Å². The summed E-state index contributed by atoms with van der Waals surface area (Å²) in [6.45, 7) is 10.4. The maximum absolute atomic E-state index is 6.17. The van der Waals surface area contributed by atoms with Crippen LogP contribution >= 0.6 is 0 Å². The Bertz CT molecular complexity index is 1050. The number of oxazole rings is 1. The molecule has 0 unspecified atom stereocenters. The number of rotatable bonds is 8. The quantitative estimate of drug-likeness (QED) is 0.443. The summed E-state index contributed by atoms with van der Waals surface area (Å²) in [5.41, 5.74) is 2.56. The minimum absolute atomic E-state index is 0.125. The Kier molecular flexibility index (Phi) is 7.16. The molecule has 1 saturated carbocycles. The number of aromatic nitrogens is 3. The van der Waals surface area contributed by atoms with Crippen molar-refractivity contribution < 1.29 is 13.9 Å². The van der Waals surface area contributed by atoms with Crippen LogP contribution < -0.4 is 14.8 Å². The van der Waals surface area contributed by atoms with Gasteiger partial charge in [0.2, 0.25) is 11.8 Å². The molecule has 7 heteroatoms. The molecule has 0 bridgehead atoms. The van der Waals surface area contributed by atoms with Gasteiger partial charge in [0.1, 0.15) is 23.8 Å². The highest BCUT2D eigenvalue weighted by molar-refractivity contribution is 5.69. The zero-order chi connectivity index (χ0) is 23.4. The number of benzene rings is 1. The normalized spacial score (nSPS) is 18.4. The summed E-state index contributed by atoms with van der Waals surface area (Å²) in [7, 11) is 0. The first kappa shape index (κ1) is 23.1. The molecular weight excluding hydrogens is 416 g/mol. The van der Waals surface area contributed by atoms with Crippen molar-refractivity contribution in [2.75, 3.05) is 5.32 Å². The van der Waals surface area contributed by atoms with Gasteiger partial charge in [-0.25, -0.2) is 9.97 Å². The van der Waals surface area contributed by atoms with E-state index in [2.05, 4.69) is 22.2 Å². The zero-order valence-electron chi connectivity index (χ0n) is 20.2. The number of hydrogen-bond acceptors (Lipinski definition) is 7. The Labute approximate surface area is 196 Å². The van der Waals surface area contributed by atoms with Gasteiger partial charge in [-0.1, -0.05) is 19.1 Å². The van der Waals surface area contributed by atoms with Crippen LogP contribution in [0.15, 0.2) is 34.9 Å². The van der Waals surface area contributed by atoms with E-state index in [1.807, 2.05) is 58.2 Å². The van der Waals surface area contributed by atoms with Gasteiger partial charge in [-0.05, 0) is 70.1 Å². The smallest absolute Gasteiger partial charge is 0.226 e. The fraction of sp³-hybridized carbons (Fsp3) is 0.500. The van der Waals surface area contributed by atoms with Crippen molar-refractivity contribution in [2.45, 2.75) is 79.1 Å². The van der Waals surface area contributed by atoms with Crippen molar-refractivity contribution >= 4 is 5.95 Å². The van der Waals surface area contributed by atoms with E-state index >= 15 is 0 Å². The SMILES string of the molecule is Cc1nc(COc2nc(N[C@H]3CC[C@H](C)CC3)ncc2-c2ccc(OC(C)C)cc2)c(C)o1. The molecule has 0 spiro atoms. The van der Waals surface area contributed by atoms with Crippen LogP contribution in [-0.2, 0) is 6.61 Å². The maximum Gasteiger partial charge on any atom is 0.226 e. The van der Waals surface area contributed by atoms with E-state index in [-0.39, 0.29) is 12.7 Å². The Morgan fingerprint density at radius 1 is 1.06 bits per heavy atom. The third kappa shape index (κ3) is 6.03. The van der Waals surface area contributed by atoms with Crippen LogP contribution in [0.4, 0.5) is 5.95 Å². The second kappa shape index (κ2) is 10.2. The Morgan fingerprint density at radius 3 is 2.42 bits per heavy atom. The fourth-order valence-corrected chi connectivity index (χ4v) is 4.16. The predicted octanol–water partition coefficient (Wildman–Crippen LogP) is 6.11. The van der Waals surface area contributed by atoms with Crippen LogP contribution in [0.25, 0.3) is 11.1 Å². The number of hydrogen-bond donors (Lipinski definition) is 1. The van der Waals surface area contributed by atoms with Gasteiger partial charge in [-0.3, -0.25) is 0 Å². The van der Waals surface area contributed by atoms with Gasteiger partial charge in [0, 0.05) is 19.2 Å². The lowest BCUT2D eigenvalue weighted by molar-refractivity contribution is 0.242. The number of nitrogens with one attached hydrogen (secondary N) is 1. The largest absolute Gasteiger partial charge is 0.491 e. The maximum atomic E-state index is 6.17. The van der Waals surface area contributed by atoms with Crippen molar-refractivity contribution in [2.24, 2.45) is 5.92 Å². The van der Waals surface area contributed by atoms with Gasteiger partial charge < -0.3 is 19.2 Å². The summed E-state index contributed by atoms with van der Waals surface area (Å²) in [6, 6.07) is 8.32. The third-order valence-corrected chi connectivity index (χ3v) is 5.99. The Hall–Kier alpha value is -3.09. The summed E-state index contributed by atoms with van der Waals surface area (Å²) in [6.07, 6.45) is 6.69. The molecule has 0 aliphatic heterocycles.